The zero-order chi connectivity index (χ0) is 14.1. The standard InChI is InChI=1S/C14H10BrNO2S2/c15-10(13-8-14-12(20-13)5-6-19-14)7-9-3-1-2-4-11(9)16(17)18/h1-6,8,10H,7H2. The number of hydrogen-bond donors (Lipinski definition) is 0. The highest BCUT2D eigenvalue weighted by molar-refractivity contribution is 9.09. The first-order valence-electron chi connectivity index (χ1n) is 5.98. The zero-order valence-corrected chi connectivity index (χ0v) is 13.5. The number of benzene rings is 1. The molecule has 3 aromatic rings. The highest BCUT2D eigenvalue weighted by Crippen LogP contribution is 2.39. The molecule has 0 bridgehead atoms. The fourth-order valence-corrected chi connectivity index (χ4v) is 4.95. The summed E-state index contributed by atoms with van der Waals surface area (Å²) in [6, 6.07) is 11.2. The Morgan fingerprint density at radius 3 is 2.80 bits per heavy atom. The molecule has 1 aromatic carbocycles. The number of rotatable bonds is 4. The first-order chi connectivity index (χ1) is 9.65. The van der Waals surface area contributed by atoms with Gasteiger partial charge in [0.25, 0.3) is 5.69 Å². The van der Waals surface area contributed by atoms with Gasteiger partial charge in [0.1, 0.15) is 0 Å². The molecule has 6 heteroatoms. The number of halogens is 1. The van der Waals surface area contributed by atoms with Crippen LogP contribution in [0.25, 0.3) is 9.40 Å². The van der Waals surface area contributed by atoms with E-state index < -0.39 is 0 Å². The molecule has 2 heterocycles. The lowest BCUT2D eigenvalue weighted by Crippen LogP contribution is -1.98. The summed E-state index contributed by atoms with van der Waals surface area (Å²) < 4.78 is 2.55. The van der Waals surface area contributed by atoms with Gasteiger partial charge >= 0.3 is 0 Å². The molecule has 20 heavy (non-hydrogen) atoms. The summed E-state index contributed by atoms with van der Waals surface area (Å²) in [5, 5.41) is 13.1. The van der Waals surface area contributed by atoms with Gasteiger partial charge < -0.3 is 0 Å². The normalized spacial score (nSPS) is 12.7. The van der Waals surface area contributed by atoms with Crippen LogP contribution >= 0.6 is 38.6 Å². The Morgan fingerprint density at radius 1 is 1.25 bits per heavy atom. The summed E-state index contributed by atoms with van der Waals surface area (Å²) in [4.78, 5) is 12.0. The van der Waals surface area contributed by atoms with E-state index >= 15 is 0 Å². The quantitative estimate of drug-likeness (QED) is 0.344. The van der Waals surface area contributed by atoms with Crippen LogP contribution in [-0.2, 0) is 6.42 Å². The second-order valence-electron chi connectivity index (χ2n) is 4.36. The molecule has 0 amide bonds. The number of fused-ring (bicyclic) bond motifs is 1. The topological polar surface area (TPSA) is 43.1 Å². The Kier molecular flexibility index (Phi) is 3.87. The second kappa shape index (κ2) is 5.63. The molecule has 0 spiro atoms. The molecule has 1 atom stereocenters. The van der Waals surface area contributed by atoms with Crippen LogP contribution in [0.3, 0.4) is 0 Å². The van der Waals surface area contributed by atoms with Crippen LogP contribution in [0.5, 0.6) is 0 Å². The maximum atomic E-state index is 11.0. The van der Waals surface area contributed by atoms with E-state index in [1.807, 2.05) is 12.1 Å². The maximum Gasteiger partial charge on any atom is 0.272 e. The first-order valence-corrected chi connectivity index (χ1v) is 8.59. The highest BCUT2D eigenvalue weighted by atomic mass is 79.9. The summed E-state index contributed by atoms with van der Waals surface area (Å²) in [6.45, 7) is 0. The minimum atomic E-state index is -0.317. The largest absolute Gasteiger partial charge is 0.272 e. The van der Waals surface area contributed by atoms with Crippen LogP contribution in [0.4, 0.5) is 5.69 Å². The van der Waals surface area contributed by atoms with Crippen molar-refractivity contribution in [1.82, 2.24) is 0 Å². The van der Waals surface area contributed by atoms with E-state index in [0.717, 1.165) is 5.56 Å². The monoisotopic (exact) mass is 367 g/mol. The van der Waals surface area contributed by atoms with Crippen LogP contribution in [0.1, 0.15) is 15.3 Å². The third-order valence-corrected chi connectivity index (χ3v) is 6.38. The Hall–Kier alpha value is -1.24. The van der Waals surface area contributed by atoms with E-state index in [2.05, 4.69) is 33.4 Å². The van der Waals surface area contributed by atoms with E-state index in [-0.39, 0.29) is 15.4 Å². The summed E-state index contributed by atoms with van der Waals surface area (Å²) in [6.07, 6.45) is 0.616. The van der Waals surface area contributed by atoms with Gasteiger partial charge in [-0.25, -0.2) is 0 Å². The van der Waals surface area contributed by atoms with Crippen molar-refractivity contribution >= 4 is 53.7 Å². The van der Waals surface area contributed by atoms with Crippen molar-refractivity contribution in [3.05, 3.63) is 62.3 Å². The van der Waals surface area contributed by atoms with Crippen molar-refractivity contribution in [2.75, 3.05) is 0 Å². The highest BCUT2D eigenvalue weighted by Gasteiger charge is 2.18. The van der Waals surface area contributed by atoms with Gasteiger partial charge in [0.05, 0.1) is 9.75 Å². The summed E-state index contributed by atoms with van der Waals surface area (Å²) >= 11 is 7.12. The number of alkyl halides is 1. The number of thiophene rings is 2. The van der Waals surface area contributed by atoms with Crippen LogP contribution in [0, 0.1) is 10.1 Å². The fraction of sp³-hybridized carbons (Fsp3) is 0.143. The molecule has 0 aliphatic rings. The van der Waals surface area contributed by atoms with Gasteiger partial charge in [-0.05, 0) is 23.9 Å². The second-order valence-corrected chi connectivity index (χ2v) is 7.52. The Balaban J connectivity index is 1.87. The van der Waals surface area contributed by atoms with Gasteiger partial charge in [0, 0.05) is 25.9 Å². The van der Waals surface area contributed by atoms with Gasteiger partial charge in [-0.2, -0.15) is 0 Å². The summed E-state index contributed by atoms with van der Waals surface area (Å²) in [5.74, 6) is 0. The van der Waals surface area contributed by atoms with Gasteiger partial charge in [-0.15, -0.1) is 22.7 Å². The lowest BCUT2D eigenvalue weighted by molar-refractivity contribution is -0.385. The first kappa shape index (κ1) is 13.7. The number of para-hydroxylation sites is 1. The molecular formula is C14H10BrNO2S2. The minimum absolute atomic E-state index is 0.105. The van der Waals surface area contributed by atoms with Crippen LogP contribution < -0.4 is 0 Å². The Morgan fingerprint density at radius 2 is 2.05 bits per heavy atom. The third-order valence-electron chi connectivity index (χ3n) is 3.05. The lowest BCUT2D eigenvalue weighted by Gasteiger charge is -2.08. The number of hydrogen-bond acceptors (Lipinski definition) is 4. The van der Waals surface area contributed by atoms with Crippen LogP contribution in [-0.4, -0.2) is 4.92 Å². The molecule has 0 saturated heterocycles. The molecule has 1 unspecified atom stereocenters. The molecule has 0 aliphatic heterocycles. The predicted molar refractivity (Wildman–Crippen MR) is 88.2 cm³/mol. The molecule has 0 saturated carbocycles. The van der Waals surface area contributed by atoms with Crippen LogP contribution in [0.2, 0.25) is 0 Å². The van der Waals surface area contributed by atoms with Crippen molar-refractivity contribution in [3.8, 4) is 0 Å². The van der Waals surface area contributed by atoms with Crippen molar-refractivity contribution in [3.63, 3.8) is 0 Å². The SMILES string of the molecule is O=[N+]([O-])c1ccccc1CC(Br)c1cc2sccc2s1. The lowest BCUT2D eigenvalue weighted by atomic mass is 10.1. The molecule has 0 N–H and O–H groups in total. The average Bonchev–Trinajstić information content (AvgIpc) is 2.99. The van der Waals surface area contributed by atoms with E-state index in [4.69, 9.17) is 0 Å². The molecule has 0 radical (unpaired) electrons. The fourth-order valence-electron chi connectivity index (χ4n) is 2.09. The van der Waals surface area contributed by atoms with Crippen molar-refractivity contribution in [2.45, 2.75) is 11.2 Å². The predicted octanol–water partition coefficient (Wildman–Crippen LogP) is 5.55. The number of nitro benzene ring substituents is 1. The van der Waals surface area contributed by atoms with Crippen molar-refractivity contribution < 1.29 is 4.92 Å². The summed E-state index contributed by atoms with van der Waals surface area (Å²) in [5.41, 5.74) is 0.950. The molecule has 3 rings (SSSR count). The van der Waals surface area contributed by atoms with E-state index in [1.54, 1.807) is 34.8 Å². The third kappa shape index (κ3) is 2.63. The van der Waals surface area contributed by atoms with E-state index in [1.165, 1.54) is 14.3 Å². The molecular weight excluding hydrogens is 358 g/mol. The summed E-state index contributed by atoms with van der Waals surface area (Å²) in [7, 11) is 0. The smallest absolute Gasteiger partial charge is 0.258 e. The average molecular weight is 368 g/mol. The molecule has 2 aromatic heterocycles. The van der Waals surface area contributed by atoms with Gasteiger partial charge in [-0.1, -0.05) is 34.1 Å². The number of nitro groups is 1. The van der Waals surface area contributed by atoms with Crippen molar-refractivity contribution in [1.29, 1.82) is 0 Å². The van der Waals surface area contributed by atoms with Gasteiger partial charge in [0.2, 0.25) is 0 Å². The van der Waals surface area contributed by atoms with Gasteiger partial charge in [0.15, 0.2) is 0 Å². The number of nitrogens with zero attached hydrogens (tertiary/aromatic N) is 1. The van der Waals surface area contributed by atoms with Gasteiger partial charge in [-0.3, -0.25) is 10.1 Å². The Labute approximate surface area is 132 Å². The molecule has 3 nitrogen and oxygen atoms in total. The molecule has 102 valence electrons. The van der Waals surface area contributed by atoms with E-state index in [9.17, 15) is 10.1 Å². The van der Waals surface area contributed by atoms with E-state index in [0.29, 0.717) is 6.42 Å². The molecule has 0 aliphatic carbocycles. The maximum absolute atomic E-state index is 11.0. The molecule has 0 fully saturated rings. The zero-order valence-electron chi connectivity index (χ0n) is 10.3. The minimum Gasteiger partial charge on any atom is -0.258 e. The Bertz CT molecular complexity index is 737. The van der Waals surface area contributed by atoms with Crippen LogP contribution in [0.15, 0.2) is 41.8 Å². The van der Waals surface area contributed by atoms with Crippen molar-refractivity contribution in [2.24, 2.45) is 0 Å².